The summed E-state index contributed by atoms with van der Waals surface area (Å²) < 4.78 is 66.1. The van der Waals surface area contributed by atoms with Gasteiger partial charge in [0.05, 0.1) is 27.4 Å². The average molecular weight is 1100 g/mol. The van der Waals surface area contributed by atoms with Crippen molar-refractivity contribution >= 4 is 64.5 Å². The highest BCUT2D eigenvalue weighted by Crippen LogP contribution is 2.56. The number of carbonyl (C=O) groups is 4. The number of nitrogen functional groups attached to an aromatic ring is 1. The Bertz CT molecular complexity index is 2490. The Morgan fingerprint density at radius 1 is 0.851 bits per heavy atom. The van der Waals surface area contributed by atoms with Gasteiger partial charge in [-0.15, -0.1) is 0 Å². The van der Waals surface area contributed by atoms with E-state index in [2.05, 4.69) is 67.7 Å². The van der Waals surface area contributed by atoms with E-state index in [1.807, 2.05) is 27.7 Å². The van der Waals surface area contributed by atoms with Crippen molar-refractivity contribution in [3.05, 3.63) is 48.0 Å². The van der Waals surface area contributed by atoms with Gasteiger partial charge in [-0.2, -0.15) is 0 Å². The lowest BCUT2D eigenvalue weighted by Gasteiger charge is -2.36. The number of carbonyl (C=O) groups excluding carboxylic acids is 4. The summed E-state index contributed by atoms with van der Waals surface area (Å²) in [6.45, 7) is 8.02. The molecule has 0 saturated carbocycles. The number of nitrogens with zero attached hydrogens (tertiary/aromatic N) is 4. The minimum absolute atomic E-state index is 0.0110. The highest BCUT2D eigenvalue weighted by molar-refractivity contribution is 7.59. The molecule has 1 aliphatic rings. The molecule has 0 spiro atoms. The number of ether oxygens (including phenoxy) is 2. The van der Waals surface area contributed by atoms with Crippen LogP contribution in [0.25, 0.3) is 11.2 Å². The maximum atomic E-state index is 13.0. The molecule has 3 heterocycles. The fourth-order valence-electron chi connectivity index (χ4n) is 7.90. The smallest absolute Gasteiger partial charge is 0.293 e. The van der Waals surface area contributed by atoms with Crippen LogP contribution < -0.4 is 35.9 Å². The number of aliphatic hydroxyl groups is 2. The van der Waals surface area contributed by atoms with E-state index in [1.54, 1.807) is 0 Å². The number of unbranched alkanes of at least 4 members (excludes halogenated alkanes) is 4. The van der Waals surface area contributed by atoms with Gasteiger partial charge in [-0.3, -0.25) is 32.9 Å². The molecule has 1 aliphatic heterocycles. The number of aromatic nitrogens is 4. The zero-order valence-corrected chi connectivity index (χ0v) is 45.0. The van der Waals surface area contributed by atoms with E-state index in [1.165, 1.54) is 25.0 Å². The van der Waals surface area contributed by atoms with E-state index in [9.17, 15) is 62.7 Å². The normalized spacial score (nSPS) is 19.6. The number of hydrogen-bond acceptors (Lipinski definition) is 23. The molecule has 2 amide bonds. The Morgan fingerprint density at radius 3 is 2.05 bits per heavy atom. The van der Waals surface area contributed by atoms with Crippen molar-refractivity contribution < 1.29 is 90.0 Å². The van der Waals surface area contributed by atoms with Crippen molar-refractivity contribution in [3.63, 3.8) is 0 Å². The third-order valence-corrected chi connectivity index (χ3v) is 15.4. The first-order chi connectivity index (χ1) is 34.4. The lowest BCUT2D eigenvalue weighted by atomic mass is 9.81. The molecule has 74 heavy (non-hydrogen) atoms. The predicted molar refractivity (Wildman–Crippen MR) is 256 cm³/mol. The van der Waals surface area contributed by atoms with Gasteiger partial charge >= 0.3 is 0 Å². The molecule has 0 aliphatic carbocycles. The van der Waals surface area contributed by atoms with E-state index in [0.29, 0.717) is 12.9 Å². The molecule has 2 aromatic heterocycles. The number of amides is 2. The average Bonchev–Trinajstić information content (AvgIpc) is 3.87. The molecule has 26 nitrogen and oxygen atoms in total. The van der Waals surface area contributed by atoms with Crippen molar-refractivity contribution in [3.8, 4) is 0 Å². The van der Waals surface area contributed by atoms with Crippen molar-refractivity contribution in [2.45, 2.75) is 155 Å². The number of imidazole rings is 1. The van der Waals surface area contributed by atoms with Crippen LogP contribution in [0.3, 0.4) is 0 Å². The molecule has 6 N–H and O–H groups in total. The van der Waals surface area contributed by atoms with Crippen LogP contribution in [0, 0.1) is 10.8 Å². The number of aryl methyl sites for hydroxylation is 2. The molecule has 1 fully saturated rings. The molecule has 7 atom stereocenters. The Labute approximate surface area is 429 Å². The quantitative estimate of drug-likeness (QED) is 0.0323. The van der Waals surface area contributed by atoms with Crippen molar-refractivity contribution in [1.29, 1.82) is 0 Å². The summed E-state index contributed by atoms with van der Waals surface area (Å²) in [5.41, 5.74) is 5.58. The monoisotopic (exact) mass is 1100 g/mol. The van der Waals surface area contributed by atoms with E-state index in [-0.39, 0.29) is 48.7 Å². The number of phosphoric ester groups is 3. The number of hydrogen-bond donors (Lipinski definition) is 5. The first-order valence-corrected chi connectivity index (χ1v) is 28.4. The van der Waals surface area contributed by atoms with Crippen LogP contribution in [-0.4, -0.2) is 110 Å². The predicted octanol–water partition coefficient (Wildman–Crippen LogP) is 1.72. The van der Waals surface area contributed by atoms with E-state index in [0.717, 1.165) is 75.0 Å². The Hall–Kier alpha value is -4.10. The third-order valence-electron chi connectivity index (χ3n) is 12.4. The number of rotatable bonds is 34. The molecule has 0 radical (unpaired) electrons. The zero-order chi connectivity index (χ0) is 55.1. The first-order valence-electron chi connectivity index (χ1n) is 24.0. The topological polar surface area (TPSA) is 401 Å². The number of fused-ring (bicyclic) bond motifs is 1. The van der Waals surface area contributed by atoms with E-state index >= 15 is 0 Å². The first kappa shape index (κ1) is 62.4. The Morgan fingerprint density at radius 2 is 1.45 bits per heavy atom. The van der Waals surface area contributed by atoms with Gasteiger partial charge < -0.3 is 73.8 Å². The second kappa shape index (κ2) is 27.3. The summed E-state index contributed by atoms with van der Waals surface area (Å²) in [6, 6.07) is 8.67. The molecule has 416 valence electrons. The van der Waals surface area contributed by atoms with Crippen LogP contribution in [0.1, 0.15) is 123 Å². The summed E-state index contributed by atoms with van der Waals surface area (Å²) in [5, 5.41) is 26.5. The number of benzene rings is 1. The fourth-order valence-corrected chi connectivity index (χ4v) is 10.6. The molecule has 1 aromatic carbocycles. The van der Waals surface area contributed by atoms with E-state index in [4.69, 9.17) is 15.2 Å². The summed E-state index contributed by atoms with van der Waals surface area (Å²) in [7, 11) is -17.7. The highest BCUT2D eigenvalue weighted by Gasteiger charge is 2.47. The van der Waals surface area contributed by atoms with Gasteiger partial charge in [0.15, 0.2) is 17.7 Å². The SMILES string of the molecule is CC(C)(CCCCCc1ccc(CCCCCC(C)(C)C(=O)CCNC(=O)CCNC(=O)C(O)C(C)(C)COP(=O)([O-])OP(=O)([O-])OCC2OC(n3cnc4c(N)ncnc43)C(O)C2OP(=O)([O-])[O-])cc1)OC=O. The van der Waals surface area contributed by atoms with Crippen molar-refractivity contribution in [2.24, 2.45) is 10.8 Å². The van der Waals surface area contributed by atoms with Crippen LogP contribution in [0.2, 0.25) is 0 Å². The molecule has 3 aromatic rings. The van der Waals surface area contributed by atoms with Gasteiger partial charge in [-0.1, -0.05) is 71.2 Å². The molecule has 4 rings (SSSR count). The zero-order valence-electron chi connectivity index (χ0n) is 42.3. The number of Topliss-reactive ketones (excluding diaryl/α,β-unsaturated/α-hetero) is 1. The van der Waals surface area contributed by atoms with Crippen molar-refractivity contribution in [2.75, 3.05) is 32.0 Å². The van der Waals surface area contributed by atoms with Gasteiger partial charge in [-0.25, -0.2) is 19.3 Å². The number of nitrogens with one attached hydrogen (secondary N) is 2. The summed E-state index contributed by atoms with van der Waals surface area (Å²) in [6.07, 6.45) is 1.77. The maximum absolute atomic E-state index is 13.0. The van der Waals surface area contributed by atoms with Gasteiger partial charge in [0, 0.05) is 36.8 Å². The number of anilines is 1. The molecule has 0 bridgehead atoms. The Kier molecular flexibility index (Phi) is 23.0. The number of ketones is 1. The summed E-state index contributed by atoms with van der Waals surface area (Å²) >= 11 is 0. The number of aliphatic hydroxyl groups excluding tert-OH is 2. The van der Waals surface area contributed by atoms with Crippen LogP contribution >= 0.6 is 23.5 Å². The summed E-state index contributed by atoms with van der Waals surface area (Å²) in [5.74, 6) is -1.61. The largest absolute Gasteiger partial charge is 0.790 e. The Balaban J connectivity index is 1.11. The minimum Gasteiger partial charge on any atom is -0.790 e. The molecular weight excluding hydrogens is 1040 g/mol. The number of phosphoric acid groups is 3. The van der Waals surface area contributed by atoms with Crippen LogP contribution in [-0.2, 0) is 73.1 Å². The lowest BCUT2D eigenvalue weighted by Crippen LogP contribution is -2.46. The number of nitrogens with two attached hydrogens (primary N) is 1. The molecular formula is C45H68N7O19P3-4. The van der Waals surface area contributed by atoms with E-state index < -0.39 is 95.6 Å². The third kappa shape index (κ3) is 20.1. The van der Waals surface area contributed by atoms with Gasteiger partial charge in [-0.05, 0) is 69.9 Å². The molecule has 1 saturated heterocycles. The van der Waals surface area contributed by atoms with Crippen LogP contribution in [0.15, 0.2) is 36.9 Å². The van der Waals surface area contributed by atoms with Crippen LogP contribution in [0.4, 0.5) is 5.82 Å². The highest BCUT2D eigenvalue weighted by atomic mass is 31.3. The standard InChI is InChI=1S/C45H72N7O19P3/c1-43(2,21-11-7-9-13-30-15-17-31(18-16-30)14-10-8-12-22-45(5,6)66-29-53)33(54)19-23-47-34(55)20-24-48-41(58)38(57)44(3,4)26-68-74(64,65)71-73(62,63)67-25-32-37(70-72(59,60)61)36(56)42(69-32)52-28-51-35-39(46)49-27-50-40(35)52/h15-18,27-29,32,36-38,42,56-57H,7-14,19-26H2,1-6H3,(H,47,55)(H,48,58)(H,62,63)(H,64,65)(H2,46,49,50)(H2,59,60,61)/p-4. The second-order valence-electron chi connectivity index (χ2n) is 20.0. The van der Waals surface area contributed by atoms with Gasteiger partial charge in [0.1, 0.15) is 47.6 Å². The van der Waals surface area contributed by atoms with Gasteiger partial charge in [0.25, 0.3) is 22.1 Å². The fraction of sp³-hybridized carbons (Fsp3) is 0.667. The molecule has 7 unspecified atom stereocenters. The maximum Gasteiger partial charge on any atom is 0.293 e. The van der Waals surface area contributed by atoms with Crippen LogP contribution in [0.5, 0.6) is 0 Å². The molecule has 29 heteroatoms. The van der Waals surface area contributed by atoms with Gasteiger partial charge in [0.2, 0.25) is 11.8 Å². The minimum atomic E-state index is -5.94. The second-order valence-corrected chi connectivity index (χ2v) is 24.0. The lowest BCUT2D eigenvalue weighted by molar-refractivity contribution is -0.347. The van der Waals surface area contributed by atoms with Crippen molar-refractivity contribution in [1.82, 2.24) is 30.2 Å². The summed E-state index contributed by atoms with van der Waals surface area (Å²) in [4.78, 5) is 109.